The molecule has 4 aromatic rings. The molecule has 2 aromatic heterocycles. The number of carbonyl (C=O) groups is 1. The molecule has 2 heterocycles. The van der Waals surface area contributed by atoms with Crippen LogP contribution in [-0.2, 0) is 16.0 Å². The van der Waals surface area contributed by atoms with Crippen LogP contribution in [0.15, 0.2) is 65.4 Å². The van der Waals surface area contributed by atoms with Crippen molar-refractivity contribution in [1.29, 1.82) is 0 Å². The summed E-state index contributed by atoms with van der Waals surface area (Å²) in [6, 6.07) is 13.2. The first-order chi connectivity index (χ1) is 21.1. The van der Waals surface area contributed by atoms with Crippen molar-refractivity contribution in [2.24, 2.45) is 0 Å². The highest BCUT2D eigenvalue weighted by Gasteiger charge is 2.22. The van der Waals surface area contributed by atoms with E-state index in [1.54, 1.807) is 43.8 Å². The Kier molecular flexibility index (Phi) is 12.2. The third-order valence-electron chi connectivity index (χ3n) is 6.81. The van der Waals surface area contributed by atoms with E-state index in [1.807, 2.05) is 54.5 Å². The van der Waals surface area contributed by atoms with Gasteiger partial charge in [-0.2, -0.15) is 0 Å². The molecule has 0 radical (unpaired) electrons. The van der Waals surface area contributed by atoms with Gasteiger partial charge in [-0.05, 0) is 124 Å². The summed E-state index contributed by atoms with van der Waals surface area (Å²) < 4.78 is 44.7. The molecule has 0 N–H and O–H groups in total. The van der Waals surface area contributed by atoms with Crippen LogP contribution in [0.4, 0.5) is 8.78 Å². The first kappa shape index (κ1) is 35.6. The van der Waals surface area contributed by atoms with Gasteiger partial charge in [0.1, 0.15) is 17.2 Å². The second-order valence-corrected chi connectivity index (χ2v) is 12.9. The minimum Gasteiger partial charge on any atom is -0.481 e. The monoisotopic (exact) mass is 682 g/mol. The van der Waals surface area contributed by atoms with Crippen LogP contribution >= 0.6 is 15.9 Å². The fourth-order valence-electron chi connectivity index (χ4n) is 4.77. The van der Waals surface area contributed by atoms with Gasteiger partial charge in [0.05, 0.1) is 20.6 Å². The second-order valence-electron chi connectivity index (χ2n) is 12.1. The first-order valence-corrected chi connectivity index (χ1v) is 15.5. The molecule has 0 fully saturated rings. The highest BCUT2D eigenvalue weighted by molar-refractivity contribution is 9.10. The molecule has 0 aliphatic carbocycles. The highest BCUT2D eigenvalue weighted by Crippen LogP contribution is 2.36. The number of methoxy groups -OCH3 is 2. The maximum Gasteiger partial charge on any atom is 0.310 e. The Morgan fingerprint density at radius 1 is 0.778 bits per heavy atom. The van der Waals surface area contributed by atoms with Crippen LogP contribution in [0.5, 0.6) is 11.8 Å². The molecule has 6 nitrogen and oxygen atoms in total. The largest absolute Gasteiger partial charge is 0.481 e. The van der Waals surface area contributed by atoms with Crippen LogP contribution in [0.3, 0.4) is 0 Å². The Morgan fingerprint density at radius 2 is 1.24 bits per heavy atom. The first-order valence-electron chi connectivity index (χ1n) is 14.7. The van der Waals surface area contributed by atoms with Gasteiger partial charge in [0.25, 0.3) is 0 Å². The summed E-state index contributed by atoms with van der Waals surface area (Å²) in [5.41, 5.74) is 5.02. The number of aromatic nitrogens is 2. The summed E-state index contributed by atoms with van der Waals surface area (Å²) in [5.74, 6) is 0.331. The van der Waals surface area contributed by atoms with Crippen LogP contribution in [-0.4, -0.2) is 35.8 Å². The minimum absolute atomic E-state index is 0.0608. The van der Waals surface area contributed by atoms with Gasteiger partial charge in [0.15, 0.2) is 0 Å². The van der Waals surface area contributed by atoms with E-state index in [4.69, 9.17) is 14.2 Å². The van der Waals surface area contributed by atoms with Crippen LogP contribution in [0.1, 0.15) is 77.0 Å². The van der Waals surface area contributed by atoms with Gasteiger partial charge in [-0.1, -0.05) is 27.7 Å². The van der Waals surface area contributed by atoms with Crippen molar-refractivity contribution in [1.82, 2.24) is 9.97 Å². The Balaban J connectivity index is 0.000000257. The Bertz CT molecular complexity index is 1630. The highest BCUT2D eigenvalue weighted by atomic mass is 79.9. The number of hydrogen-bond acceptors (Lipinski definition) is 6. The fourth-order valence-corrected chi connectivity index (χ4v) is 5.68. The Hall–Kier alpha value is -3.85. The predicted molar refractivity (Wildman–Crippen MR) is 178 cm³/mol. The quantitative estimate of drug-likeness (QED) is 0.172. The van der Waals surface area contributed by atoms with E-state index in [0.29, 0.717) is 17.3 Å². The number of rotatable bonds is 8. The van der Waals surface area contributed by atoms with Crippen molar-refractivity contribution >= 4 is 21.9 Å². The molecule has 0 aliphatic rings. The van der Waals surface area contributed by atoms with Crippen molar-refractivity contribution in [2.75, 3.05) is 14.2 Å². The van der Waals surface area contributed by atoms with Crippen LogP contribution in [0, 0.1) is 11.6 Å². The van der Waals surface area contributed by atoms with Crippen LogP contribution in [0.2, 0.25) is 0 Å². The zero-order valence-electron chi connectivity index (χ0n) is 27.3. The summed E-state index contributed by atoms with van der Waals surface area (Å²) in [5, 5.41) is 0. The van der Waals surface area contributed by atoms with E-state index in [1.165, 1.54) is 25.3 Å². The lowest BCUT2D eigenvalue weighted by atomic mass is 9.88. The summed E-state index contributed by atoms with van der Waals surface area (Å²) >= 11 is 3.57. The molecule has 0 saturated heterocycles. The average Bonchev–Trinajstić information content (AvgIpc) is 2.98. The maximum absolute atomic E-state index is 14.3. The van der Waals surface area contributed by atoms with Crippen molar-refractivity contribution in [3.8, 4) is 34.0 Å². The van der Waals surface area contributed by atoms with E-state index in [2.05, 4.69) is 25.9 Å². The fraction of sp³-hybridized carbons (Fsp3) is 0.361. The zero-order chi connectivity index (χ0) is 33.5. The number of nitrogens with zero attached hydrogens (tertiary/aromatic N) is 2. The number of pyridine rings is 2. The molecule has 0 bridgehead atoms. The smallest absolute Gasteiger partial charge is 0.310 e. The molecule has 0 saturated carbocycles. The van der Waals surface area contributed by atoms with Gasteiger partial charge in [0, 0.05) is 29.0 Å². The number of benzene rings is 2. The van der Waals surface area contributed by atoms with Gasteiger partial charge >= 0.3 is 5.97 Å². The van der Waals surface area contributed by atoms with Crippen LogP contribution in [0.25, 0.3) is 22.3 Å². The van der Waals surface area contributed by atoms with Crippen LogP contribution < -0.4 is 9.47 Å². The molecule has 4 rings (SSSR count). The summed E-state index contributed by atoms with van der Waals surface area (Å²) in [4.78, 5) is 20.6. The van der Waals surface area contributed by atoms with E-state index < -0.39 is 5.60 Å². The molecule has 9 heteroatoms. The number of ether oxygens (including phenoxy) is 3. The number of halogens is 3. The maximum atomic E-state index is 14.3. The van der Waals surface area contributed by atoms with Crippen molar-refractivity contribution < 1.29 is 27.8 Å². The molecular weight excluding hydrogens is 642 g/mol. The number of hydrogen-bond donors (Lipinski definition) is 0. The number of carbonyl (C=O) groups excluding carboxylic acids is 1. The third kappa shape index (κ3) is 9.82. The van der Waals surface area contributed by atoms with Crippen molar-refractivity contribution in [3.05, 3.63) is 93.7 Å². The third-order valence-corrected chi connectivity index (χ3v) is 7.69. The van der Waals surface area contributed by atoms with E-state index in [-0.39, 0.29) is 35.9 Å². The van der Waals surface area contributed by atoms with Gasteiger partial charge in [-0.3, -0.25) is 4.79 Å². The van der Waals surface area contributed by atoms with Crippen molar-refractivity contribution in [2.45, 2.75) is 72.3 Å². The molecule has 0 unspecified atom stereocenters. The van der Waals surface area contributed by atoms with Gasteiger partial charge in [-0.15, -0.1) is 0 Å². The van der Waals surface area contributed by atoms with Crippen molar-refractivity contribution in [3.63, 3.8) is 0 Å². The van der Waals surface area contributed by atoms with E-state index in [9.17, 15) is 13.6 Å². The lowest BCUT2D eigenvalue weighted by molar-refractivity contribution is -0.153. The van der Waals surface area contributed by atoms with Gasteiger partial charge < -0.3 is 14.2 Å². The molecule has 0 atom stereocenters. The zero-order valence-corrected chi connectivity index (χ0v) is 28.9. The second kappa shape index (κ2) is 15.4. The topological polar surface area (TPSA) is 70.5 Å². The standard InChI is InChI=1S/C21H26FNO3.C15H15BrFNO/c1-13(2)16-10-15(22)11-17(14-7-8-23-19(9-14)25-6)18(16)12-20(24)26-21(3,4)5;1-9(2)12-7-11(17)8-13(15(12)16)10-4-5-18-14(6-10)19-3/h7-11,13H,12H2,1-6H3;4-9H,1-3H3. The lowest BCUT2D eigenvalue weighted by Gasteiger charge is -2.22. The lowest BCUT2D eigenvalue weighted by Crippen LogP contribution is -2.25. The average molecular weight is 684 g/mol. The molecule has 2 aromatic carbocycles. The SMILES string of the molecule is COc1cc(-c2cc(F)cc(C(C)C)c2Br)ccn1.COc1cc(-c2cc(F)cc(C(C)C)c2CC(=O)OC(C)(C)C)ccn1. The Labute approximate surface area is 273 Å². The van der Waals surface area contributed by atoms with E-state index >= 15 is 0 Å². The molecule has 0 aliphatic heterocycles. The minimum atomic E-state index is -0.574. The summed E-state index contributed by atoms with van der Waals surface area (Å²) in [7, 11) is 3.09. The number of esters is 1. The Morgan fingerprint density at radius 3 is 1.71 bits per heavy atom. The normalized spacial score (nSPS) is 11.2. The van der Waals surface area contributed by atoms with Gasteiger partial charge in [0.2, 0.25) is 11.8 Å². The molecule has 0 spiro atoms. The summed E-state index contributed by atoms with van der Waals surface area (Å²) in [6.45, 7) is 13.5. The molecular formula is C36H41BrF2N2O4. The van der Waals surface area contributed by atoms with Gasteiger partial charge in [-0.25, -0.2) is 18.7 Å². The molecule has 45 heavy (non-hydrogen) atoms. The predicted octanol–water partition coefficient (Wildman–Crippen LogP) is 9.69. The summed E-state index contributed by atoms with van der Waals surface area (Å²) in [6.07, 6.45) is 3.33. The molecule has 240 valence electrons. The molecule has 0 amide bonds. The van der Waals surface area contributed by atoms with E-state index in [0.717, 1.165) is 37.9 Å².